The summed E-state index contributed by atoms with van der Waals surface area (Å²) in [5.41, 5.74) is 0.881. The van der Waals surface area contributed by atoms with E-state index in [0.29, 0.717) is 26.6 Å². The molecule has 0 aliphatic carbocycles. The number of methoxy groups -OCH3 is 1. The van der Waals surface area contributed by atoms with E-state index < -0.39 is 22.5 Å². The number of allylic oxidation sites excluding steroid dienone is 1. The zero-order chi connectivity index (χ0) is 23.0. The molecule has 0 N–H and O–H groups in total. The molecule has 1 aliphatic heterocycles. The number of thiazole rings is 1. The Morgan fingerprint density at radius 3 is 2.62 bits per heavy atom. The maximum absolute atomic E-state index is 13.5. The highest BCUT2D eigenvalue weighted by Gasteiger charge is 2.34. The number of halogens is 1. The summed E-state index contributed by atoms with van der Waals surface area (Å²) in [6.45, 7) is 1.66. The third-order valence-corrected chi connectivity index (χ3v) is 6.37. The molecular weight excluding hydrogens is 454 g/mol. The van der Waals surface area contributed by atoms with Crippen LogP contribution in [0.15, 0.2) is 69.6 Å². The van der Waals surface area contributed by atoms with Gasteiger partial charge in [-0.05, 0) is 30.7 Å². The first-order valence-electron chi connectivity index (χ1n) is 9.42. The average molecular weight is 470 g/mol. The Morgan fingerprint density at radius 1 is 1.25 bits per heavy atom. The highest BCUT2D eigenvalue weighted by atomic mass is 35.5. The van der Waals surface area contributed by atoms with E-state index in [1.807, 2.05) is 0 Å². The summed E-state index contributed by atoms with van der Waals surface area (Å²) in [6, 6.07) is 12.2. The van der Waals surface area contributed by atoms with Crippen molar-refractivity contribution in [3.8, 4) is 0 Å². The number of aromatic nitrogens is 1. The third kappa shape index (κ3) is 3.65. The van der Waals surface area contributed by atoms with Gasteiger partial charge in [-0.1, -0.05) is 53.3 Å². The number of fused-ring (bicyclic) bond motifs is 1. The molecular formula is C22H16ClN3O5S. The molecule has 2 aromatic carbocycles. The first kappa shape index (κ1) is 21.7. The third-order valence-electron chi connectivity index (χ3n) is 5.05. The number of para-hydroxylation sites is 1. The summed E-state index contributed by atoms with van der Waals surface area (Å²) in [6.07, 6.45) is 1.46. The molecule has 3 aromatic rings. The zero-order valence-corrected chi connectivity index (χ0v) is 18.5. The Morgan fingerprint density at radius 2 is 1.94 bits per heavy atom. The van der Waals surface area contributed by atoms with Crippen LogP contribution in [-0.4, -0.2) is 22.6 Å². The van der Waals surface area contributed by atoms with Crippen molar-refractivity contribution >= 4 is 40.7 Å². The zero-order valence-electron chi connectivity index (χ0n) is 16.9. The van der Waals surface area contributed by atoms with Crippen LogP contribution in [0.3, 0.4) is 0 Å². The number of nitrogens with zero attached hydrogens (tertiary/aromatic N) is 3. The number of rotatable bonds is 4. The largest absolute Gasteiger partial charge is 0.466 e. The van der Waals surface area contributed by atoms with Gasteiger partial charge in [0, 0.05) is 11.1 Å². The maximum Gasteiger partial charge on any atom is 0.338 e. The minimum absolute atomic E-state index is 0.118. The van der Waals surface area contributed by atoms with Gasteiger partial charge in [0.25, 0.3) is 11.2 Å². The standard InChI is InChI=1S/C22H16ClN3O5S/c1-12-18(21(28)31-2)19(14-8-4-5-9-15(14)23)25-20(27)17(32-22(25)24-12)11-13-7-3-6-10-16(13)26(29)30/h3-11,19H,1-2H3/b17-11+. The second kappa shape index (κ2) is 8.52. The topological polar surface area (TPSA) is 104 Å². The summed E-state index contributed by atoms with van der Waals surface area (Å²) in [7, 11) is 1.26. The number of hydrogen-bond donors (Lipinski definition) is 0. The molecule has 1 aromatic heterocycles. The number of hydrogen-bond acceptors (Lipinski definition) is 7. The lowest BCUT2D eigenvalue weighted by Crippen LogP contribution is -2.39. The minimum Gasteiger partial charge on any atom is -0.466 e. The molecule has 0 saturated carbocycles. The molecule has 0 bridgehead atoms. The maximum atomic E-state index is 13.5. The molecule has 10 heteroatoms. The average Bonchev–Trinajstić information content (AvgIpc) is 3.07. The van der Waals surface area contributed by atoms with Crippen LogP contribution in [0.25, 0.3) is 6.08 Å². The van der Waals surface area contributed by atoms with Gasteiger partial charge in [0.1, 0.15) is 6.04 Å². The number of esters is 1. The van der Waals surface area contributed by atoms with E-state index in [-0.39, 0.29) is 15.8 Å². The van der Waals surface area contributed by atoms with Crippen molar-refractivity contribution in [3.63, 3.8) is 0 Å². The molecule has 0 fully saturated rings. The molecule has 0 radical (unpaired) electrons. The van der Waals surface area contributed by atoms with Crippen LogP contribution < -0.4 is 14.9 Å². The molecule has 162 valence electrons. The Kier molecular flexibility index (Phi) is 5.77. The molecule has 8 nitrogen and oxygen atoms in total. The van der Waals surface area contributed by atoms with E-state index in [1.54, 1.807) is 49.4 Å². The molecule has 2 heterocycles. The van der Waals surface area contributed by atoms with Gasteiger partial charge in [0.2, 0.25) is 0 Å². The van der Waals surface area contributed by atoms with Gasteiger partial charge in [-0.3, -0.25) is 19.5 Å². The molecule has 0 amide bonds. The van der Waals surface area contributed by atoms with Gasteiger partial charge in [-0.15, -0.1) is 0 Å². The smallest absolute Gasteiger partial charge is 0.338 e. The molecule has 1 aliphatic rings. The fourth-order valence-corrected chi connectivity index (χ4v) is 4.88. The molecule has 1 unspecified atom stereocenters. The normalized spacial score (nSPS) is 15.8. The Hall–Kier alpha value is -3.56. The van der Waals surface area contributed by atoms with E-state index >= 15 is 0 Å². The summed E-state index contributed by atoms with van der Waals surface area (Å²) in [5, 5.41) is 11.8. The fourth-order valence-electron chi connectivity index (χ4n) is 3.60. The van der Waals surface area contributed by atoms with Crippen LogP contribution >= 0.6 is 22.9 Å². The van der Waals surface area contributed by atoms with E-state index in [9.17, 15) is 19.7 Å². The second-order valence-electron chi connectivity index (χ2n) is 6.91. The van der Waals surface area contributed by atoms with Crippen LogP contribution in [0, 0.1) is 10.1 Å². The highest BCUT2D eigenvalue weighted by Crippen LogP contribution is 2.34. The number of carbonyl (C=O) groups is 1. The second-order valence-corrected chi connectivity index (χ2v) is 8.33. The van der Waals surface area contributed by atoms with Gasteiger partial charge in [0.15, 0.2) is 4.80 Å². The summed E-state index contributed by atoms with van der Waals surface area (Å²) < 4.78 is 6.58. The van der Waals surface area contributed by atoms with E-state index in [1.165, 1.54) is 23.8 Å². The Balaban J connectivity index is 2.02. The number of nitro groups is 1. The van der Waals surface area contributed by atoms with Gasteiger partial charge in [-0.2, -0.15) is 0 Å². The number of benzene rings is 2. The number of nitro benzene ring substituents is 1. The van der Waals surface area contributed by atoms with Crippen molar-refractivity contribution in [2.75, 3.05) is 7.11 Å². The molecule has 1 atom stereocenters. The lowest BCUT2D eigenvalue weighted by atomic mass is 9.96. The van der Waals surface area contributed by atoms with E-state index in [4.69, 9.17) is 16.3 Å². The van der Waals surface area contributed by atoms with Crippen LogP contribution in [0.4, 0.5) is 5.69 Å². The van der Waals surface area contributed by atoms with Crippen molar-refractivity contribution in [3.05, 3.63) is 106 Å². The van der Waals surface area contributed by atoms with Crippen molar-refractivity contribution in [2.24, 2.45) is 4.99 Å². The summed E-state index contributed by atoms with van der Waals surface area (Å²) >= 11 is 7.51. The summed E-state index contributed by atoms with van der Waals surface area (Å²) in [5.74, 6) is -0.621. The number of carbonyl (C=O) groups excluding carboxylic acids is 1. The van der Waals surface area contributed by atoms with Gasteiger partial charge >= 0.3 is 5.97 Å². The Bertz CT molecular complexity index is 1470. The predicted octanol–water partition coefficient (Wildman–Crippen LogP) is 2.97. The number of ether oxygens (including phenoxy) is 1. The molecule has 32 heavy (non-hydrogen) atoms. The van der Waals surface area contributed by atoms with E-state index in [2.05, 4.69) is 4.99 Å². The monoisotopic (exact) mass is 469 g/mol. The Labute approximate surface area is 190 Å². The first-order valence-corrected chi connectivity index (χ1v) is 10.6. The lowest BCUT2D eigenvalue weighted by molar-refractivity contribution is -0.385. The van der Waals surface area contributed by atoms with Crippen LogP contribution in [0.1, 0.15) is 24.1 Å². The quantitative estimate of drug-likeness (QED) is 0.332. The minimum atomic E-state index is -0.847. The van der Waals surface area contributed by atoms with Gasteiger partial charge in [0.05, 0.1) is 33.4 Å². The van der Waals surface area contributed by atoms with Crippen molar-refractivity contribution < 1.29 is 14.5 Å². The summed E-state index contributed by atoms with van der Waals surface area (Å²) in [4.78, 5) is 41.8. The van der Waals surface area contributed by atoms with Gasteiger partial charge in [-0.25, -0.2) is 9.79 Å². The lowest BCUT2D eigenvalue weighted by Gasteiger charge is -2.25. The van der Waals surface area contributed by atoms with E-state index in [0.717, 1.165) is 11.3 Å². The molecule has 0 spiro atoms. The SMILES string of the molecule is COC(=O)C1=C(C)N=c2s/c(=C/c3ccccc3[N+](=O)[O-])c(=O)n2C1c1ccccc1Cl. The first-order chi connectivity index (χ1) is 15.3. The van der Waals surface area contributed by atoms with Crippen LogP contribution in [0.5, 0.6) is 0 Å². The predicted molar refractivity (Wildman–Crippen MR) is 120 cm³/mol. The molecule has 0 saturated heterocycles. The van der Waals surface area contributed by atoms with Crippen molar-refractivity contribution in [2.45, 2.75) is 13.0 Å². The molecule has 4 rings (SSSR count). The fraction of sp³-hybridized carbons (Fsp3) is 0.136. The van der Waals surface area contributed by atoms with Crippen LogP contribution in [-0.2, 0) is 9.53 Å². The van der Waals surface area contributed by atoms with Crippen LogP contribution in [0.2, 0.25) is 5.02 Å². The van der Waals surface area contributed by atoms with Gasteiger partial charge < -0.3 is 4.74 Å². The van der Waals surface area contributed by atoms with Crippen molar-refractivity contribution in [1.29, 1.82) is 0 Å². The van der Waals surface area contributed by atoms with Crippen molar-refractivity contribution in [1.82, 2.24) is 4.57 Å². The highest BCUT2D eigenvalue weighted by molar-refractivity contribution is 7.07.